The van der Waals surface area contributed by atoms with Gasteiger partial charge in [0.2, 0.25) is 10.0 Å². The third-order valence-corrected chi connectivity index (χ3v) is 6.47. The predicted molar refractivity (Wildman–Crippen MR) is 106 cm³/mol. The molecular weight excluding hydrogens is 384 g/mol. The van der Waals surface area contributed by atoms with Crippen LogP contribution in [0.1, 0.15) is 30.0 Å². The Morgan fingerprint density at radius 2 is 1.61 bits per heavy atom. The molecule has 3 N–H and O–H groups in total. The molecule has 154 valence electrons. The normalized spacial score (nSPS) is 16.4. The predicted octanol–water partition coefficient (Wildman–Crippen LogP) is 1.19. The van der Waals surface area contributed by atoms with Crippen LogP contribution in [0.2, 0.25) is 0 Å². The third kappa shape index (κ3) is 5.80. The van der Waals surface area contributed by atoms with Crippen LogP contribution in [-0.4, -0.2) is 56.0 Å². The van der Waals surface area contributed by atoms with Gasteiger partial charge in [0.25, 0.3) is 0 Å². The van der Waals surface area contributed by atoms with Gasteiger partial charge in [0.05, 0.1) is 11.4 Å². The van der Waals surface area contributed by atoms with Crippen LogP contribution in [0.25, 0.3) is 0 Å². The smallest absolute Gasteiger partial charge is 0.328 e. The zero-order valence-electron chi connectivity index (χ0n) is 15.8. The van der Waals surface area contributed by atoms with Crippen LogP contribution in [0.5, 0.6) is 0 Å². The number of anilines is 1. The van der Waals surface area contributed by atoms with Crippen LogP contribution >= 0.6 is 0 Å². The lowest BCUT2D eigenvalue weighted by atomic mass is 9.94. The number of carboxylic acid groups (broad SMARTS) is 2. The fraction of sp³-hybridized carbons (Fsp3) is 0.474. The standard InChI is InChI=1S/C15H22N2O2S.C4H4O4/c1-2-20(18,19)17-9-3-4-14-10-12-5-7-16-8-6-13(12)11-15(14)17;5-3(6)1-2-4(7)8/h10-11,16H,2-9H2,1H3;1-2H,(H,5,6)(H,7,8)/b;2-1+. The molecule has 0 saturated carbocycles. The van der Waals surface area contributed by atoms with E-state index in [0.29, 0.717) is 18.7 Å². The fourth-order valence-electron chi connectivity index (χ4n) is 3.32. The van der Waals surface area contributed by atoms with E-state index >= 15 is 0 Å². The maximum atomic E-state index is 12.3. The van der Waals surface area contributed by atoms with E-state index in [1.54, 1.807) is 11.2 Å². The zero-order valence-corrected chi connectivity index (χ0v) is 16.7. The molecule has 0 bridgehead atoms. The van der Waals surface area contributed by atoms with E-state index in [2.05, 4.69) is 17.4 Å². The van der Waals surface area contributed by atoms with E-state index in [0.717, 1.165) is 44.5 Å². The summed E-state index contributed by atoms with van der Waals surface area (Å²) in [5.74, 6) is -2.34. The Morgan fingerprint density at radius 1 is 1.04 bits per heavy atom. The zero-order chi connectivity index (χ0) is 20.7. The lowest BCUT2D eigenvalue weighted by Gasteiger charge is -2.31. The lowest BCUT2D eigenvalue weighted by Crippen LogP contribution is -2.36. The van der Waals surface area contributed by atoms with E-state index in [9.17, 15) is 18.0 Å². The first kappa shape index (κ1) is 21.9. The molecular formula is C19H26N2O6S. The number of benzene rings is 1. The average molecular weight is 410 g/mol. The number of carbonyl (C=O) groups is 2. The Hall–Kier alpha value is -2.39. The minimum Gasteiger partial charge on any atom is -0.478 e. The highest BCUT2D eigenvalue weighted by Crippen LogP contribution is 2.33. The number of aliphatic carboxylic acids is 2. The molecule has 0 saturated heterocycles. The van der Waals surface area contributed by atoms with Gasteiger partial charge in [-0.25, -0.2) is 18.0 Å². The highest BCUT2D eigenvalue weighted by Gasteiger charge is 2.27. The number of rotatable bonds is 4. The largest absolute Gasteiger partial charge is 0.478 e. The van der Waals surface area contributed by atoms with Crippen LogP contribution in [0.3, 0.4) is 0 Å². The molecule has 28 heavy (non-hydrogen) atoms. The molecule has 3 rings (SSSR count). The first-order chi connectivity index (χ1) is 13.2. The van der Waals surface area contributed by atoms with Gasteiger partial charge in [-0.05, 0) is 68.5 Å². The summed E-state index contributed by atoms with van der Waals surface area (Å²) in [5, 5.41) is 19.0. The molecule has 1 aromatic carbocycles. The molecule has 0 unspecified atom stereocenters. The highest BCUT2D eigenvalue weighted by atomic mass is 32.2. The van der Waals surface area contributed by atoms with Crippen LogP contribution in [0.15, 0.2) is 24.3 Å². The van der Waals surface area contributed by atoms with Crippen molar-refractivity contribution in [2.24, 2.45) is 0 Å². The quantitative estimate of drug-likeness (QED) is 0.637. The van der Waals surface area contributed by atoms with Gasteiger partial charge in [0.15, 0.2) is 0 Å². The van der Waals surface area contributed by atoms with Crippen molar-refractivity contribution in [3.8, 4) is 0 Å². The number of carboxylic acids is 2. The maximum Gasteiger partial charge on any atom is 0.328 e. The molecule has 0 atom stereocenters. The van der Waals surface area contributed by atoms with Gasteiger partial charge in [0.1, 0.15) is 0 Å². The topological polar surface area (TPSA) is 124 Å². The molecule has 0 aliphatic carbocycles. The third-order valence-electron chi connectivity index (χ3n) is 4.69. The van der Waals surface area contributed by atoms with Crippen LogP contribution in [-0.2, 0) is 38.9 Å². The number of nitrogens with one attached hydrogen (secondary N) is 1. The summed E-state index contributed by atoms with van der Waals surface area (Å²) in [6.45, 7) is 4.34. The van der Waals surface area contributed by atoms with E-state index in [1.807, 2.05) is 0 Å². The maximum absolute atomic E-state index is 12.3. The summed E-state index contributed by atoms with van der Waals surface area (Å²) in [6.07, 6.45) is 5.06. The summed E-state index contributed by atoms with van der Waals surface area (Å²) < 4.78 is 26.2. The van der Waals surface area contributed by atoms with Crippen molar-refractivity contribution in [3.05, 3.63) is 41.0 Å². The van der Waals surface area contributed by atoms with Gasteiger partial charge in [0, 0.05) is 18.7 Å². The van der Waals surface area contributed by atoms with Crippen molar-refractivity contribution >= 4 is 27.6 Å². The number of hydrogen-bond acceptors (Lipinski definition) is 5. The van der Waals surface area contributed by atoms with Crippen LogP contribution in [0.4, 0.5) is 5.69 Å². The second-order valence-corrected chi connectivity index (χ2v) is 8.77. The van der Waals surface area contributed by atoms with Gasteiger partial charge < -0.3 is 15.5 Å². The fourth-order valence-corrected chi connectivity index (χ4v) is 4.51. The van der Waals surface area contributed by atoms with Gasteiger partial charge in [-0.1, -0.05) is 6.07 Å². The molecule has 2 aliphatic rings. The van der Waals surface area contributed by atoms with Crippen molar-refractivity contribution in [2.75, 3.05) is 29.7 Å². The Morgan fingerprint density at radius 3 is 2.14 bits per heavy atom. The van der Waals surface area contributed by atoms with Crippen molar-refractivity contribution in [1.82, 2.24) is 5.32 Å². The molecule has 2 aliphatic heterocycles. The first-order valence-corrected chi connectivity index (χ1v) is 10.8. The van der Waals surface area contributed by atoms with E-state index in [4.69, 9.17) is 10.2 Å². The first-order valence-electron chi connectivity index (χ1n) is 9.24. The Kier molecular flexibility index (Phi) is 7.59. The van der Waals surface area contributed by atoms with E-state index in [1.165, 1.54) is 16.7 Å². The molecule has 8 nitrogen and oxygen atoms in total. The summed E-state index contributed by atoms with van der Waals surface area (Å²) >= 11 is 0. The minimum absolute atomic E-state index is 0.172. The monoisotopic (exact) mass is 410 g/mol. The second-order valence-electron chi connectivity index (χ2n) is 6.59. The van der Waals surface area contributed by atoms with Crippen LogP contribution < -0.4 is 9.62 Å². The SMILES string of the molecule is CCS(=O)(=O)N1CCCc2cc3c(cc21)CCNCC3.O=C(O)/C=C/C(=O)O. The Balaban J connectivity index is 0.000000300. The molecule has 9 heteroatoms. The lowest BCUT2D eigenvalue weighted by molar-refractivity contribution is -0.134. The molecule has 0 amide bonds. The number of hydrogen-bond donors (Lipinski definition) is 3. The number of sulfonamides is 1. The Bertz CT molecular complexity index is 847. The highest BCUT2D eigenvalue weighted by molar-refractivity contribution is 7.92. The molecule has 2 heterocycles. The molecule has 0 aromatic heterocycles. The minimum atomic E-state index is -3.15. The molecule has 0 fully saturated rings. The summed E-state index contributed by atoms with van der Waals surface area (Å²) in [4.78, 5) is 19.1. The average Bonchev–Trinajstić information content (AvgIpc) is 2.89. The number of fused-ring (bicyclic) bond motifs is 2. The summed E-state index contributed by atoms with van der Waals surface area (Å²) in [5.41, 5.74) is 4.84. The Labute approximate surface area is 164 Å². The summed E-state index contributed by atoms with van der Waals surface area (Å²) in [6, 6.07) is 4.37. The molecule has 1 aromatic rings. The van der Waals surface area contributed by atoms with E-state index in [-0.39, 0.29) is 5.75 Å². The number of aryl methyl sites for hydroxylation is 1. The van der Waals surface area contributed by atoms with Gasteiger partial charge in [-0.2, -0.15) is 0 Å². The van der Waals surface area contributed by atoms with Crippen molar-refractivity contribution in [1.29, 1.82) is 0 Å². The van der Waals surface area contributed by atoms with Crippen molar-refractivity contribution in [3.63, 3.8) is 0 Å². The van der Waals surface area contributed by atoms with Crippen molar-refractivity contribution < 1.29 is 28.2 Å². The summed E-state index contributed by atoms with van der Waals surface area (Å²) in [7, 11) is -3.15. The van der Waals surface area contributed by atoms with Crippen LogP contribution in [0, 0.1) is 0 Å². The van der Waals surface area contributed by atoms with Gasteiger partial charge >= 0.3 is 11.9 Å². The molecule has 0 radical (unpaired) electrons. The van der Waals surface area contributed by atoms with E-state index < -0.39 is 22.0 Å². The van der Waals surface area contributed by atoms with Crippen molar-refractivity contribution in [2.45, 2.75) is 32.6 Å². The molecule has 0 spiro atoms. The van der Waals surface area contributed by atoms with Gasteiger partial charge in [-0.15, -0.1) is 0 Å². The number of nitrogens with zero attached hydrogens (tertiary/aromatic N) is 1. The van der Waals surface area contributed by atoms with Gasteiger partial charge in [-0.3, -0.25) is 4.31 Å². The second kappa shape index (κ2) is 9.70.